The maximum Gasteiger partial charge on any atom is 0.293 e. The summed E-state index contributed by atoms with van der Waals surface area (Å²) < 4.78 is 5.09. The molecule has 2 fully saturated rings. The van der Waals surface area contributed by atoms with Gasteiger partial charge in [0.25, 0.3) is 12.4 Å². The number of ether oxygens (including phenoxy) is 1. The van der Waals surface area contributed by atoms with Crippen molar-refractivity contribution < 1.29 is 14.3 Å². The van der Waals surface area contributed by atoms with E-state index in [1.807, 2.05) is 4.90 Å². The van der Waals surface area contributed by atoms with E-state index in [-0.39, 0.29) is 5.91 Å². The van der Waals surface area contributed by atoms with Gasteiger partial charge < -0.3 is 9.64 Å². The fourth-order valence-electron chi connectivity index (χ4n) is 3.33. The van der Waals surface area contributed by atoms with Crippen LogP contribution in [0.2, 0.25) is 0 Å². The maximum atomic E-state index is 12.4. The standard InChI is InChI=1S/C15H25NO3/c17-12-19-14(11-13-7-3-1-4-8-13)15(18)16-9-5-2-6-10-16/h12-14H,1-11H2/t14-/m0/s1. The Balaban J connectivity index is 1.89. The third kappa shape index (κ3) is 4.22. The van der Waals surface area contributed by atoms with Crippen LogP contribution in [0, 0.1) is 5.92 Å². The fraction of sp³-hybridized carbons (Fsp3) is 0.867. The minimum Gasteiger partial charge on any atom is -0.454 e. The van der Waals surface area contributed by atoms with Crippen LogP contribution in [0.15, 0.2) is 0 Å². The second kappa shape index (κ2) is 7.51. The first-order valence-corrected chi connectivity index (χ1v) is 7.69. The summed E-state index contributed by atoms with van der Waals surface area (Å²) >= 11 is 0. The van der Waals surface area contributed by atoms with Gasteiger partial charge in [0, 0.05) is 13.1 Å². The maximum absolute atomic E-state index is 12.4. The Morgan fingerprint density at radius 3 is 2.37 bits per heavy atom. The molecule has 19 heavy (non-hydrogen) atoms. The molecule has 1 heterocycles. The molecule has 0 spiro atoms. The van der Waals surface area contributed by atoms with Gasteiger partial charge in [-0.15, -0.1) is 0 Å². The normalized spacial score (nSPS) is 22.8. The summed E-state index contributed by atoms with van der Waals surface area (Å²) in [4.78, 5) is 24.9. The molecule has 2 rings (SSSR count). The lowest BCUT2D eigenvalue weighted by Crippen LogP contribution is -2.44. The first-order valence-electron chi connectivity index (χ1n) is 7.69. The average Bonchev–Trinajstić information content (AvgIpc) is 2.48. The summed E-state index contributed by atoms with van der Waals surface area (Å²) in [6.45, 7) is 2.08. The fourth-order valence-corrected chi connectivity index (χ4v) is 3.33. The molecule has 1 saturated carbocycles. The average molecular weight is 267 g/mol. The molecule has 0 aromatic carbocycles. The quantitative estimate of drug-likeness (QED) is 0.719. The van der Waals surface area contributed by atoms with Crippen molar-refractivity contribution in [2.24, 2.45) is 5.92 Å². The smallest absolute Gasteiger partial charge is 0.293 e. The van der Waals surface area contributed by atoms with Crippen LogP contribution < -0.4 is 0 Å². The van der Waals surface area contributed by atoms with Crippen LogP contribution in [0.25, 0.3) is 0 Å². The van der Waals surface area contributed by atoms with Gasteiger partial charge in [0.05, 0.1) is 0 Å². The molecule has 108 valence electrons. The van der Waals surface area contributed by atoms with Crippen LogP contribution in [0.1, 0.15) is 57.8 Å². The molecule has 2 aliphatic rings. The molecule has 1 saturated heterocycles. The van der Waals surface area contributed by atoms with Crippen molar-refractivity contribution in [3.8, 4) is 0 Å². The van der Waals surface area contributed by atoms with Gasteiger partial charge in [0.15, 0.2) is 6.10 Å². The van der Waals surface area contributed by atoms with Crippen molar-refractivity contribution in [3.05, 3.63) is 0 Å². The molecule has 4 nitrogen and oxygen atoms in total. The molecule has 1 amide bonds. The lowest BCUT2D eigenvalue weighted by molar-refractivity contribution is -0.153. The van der Waals surface area contributed by atoms with E-state index in [0.717, 1.165) is 25.9 Å². The highest BCUT2D eigenvalue weighted by Gasteiger charge is 2.29. The lowest BCUT2D eigenvalue weighted by atomic mass is 9.85. The molecule has 0 aromatic rings. The van der Waals surface area contributed by atoms with Crippen LogP contribution in [0.3, 0.4) is 0 Å². The zero-order valence-corrected chi connectivity index (χ0v) is 11.7. The van der Waals surface area contributed by atoms with Gasteiger partial charge in [-0.25, -0.2) is 0 Å². The van der Waals surface area contributed by atoms with Crippen LogP contribution in [0.4, 0.5) is 0 Å². The van der Waals surface area contributed by atoms with E-state index in [1.54, 1.807) is 0 Å². The SMILES string of the molecule is O=CO[C@@H](CC1CCCCC1)C(=O)N1CCCCC1. The minimum absolute atomic E-state index is 0.0253. The largest absolute Gasteiger partial charge is 0.454 e. The number of carbonyl (C=O) groups is 2. The summed E-state index contributed by atoms with van der Waals surface area (Å²) in [6.07, 6.45) is 9.66. The van der Waals surface area contributed by atoms with E-state index >= 15 is 0 Å². The molecule has 0 unspecified atom stereocenters. The van der Waals surface area contributed by atoms with Gasteiger partial charge in [0.1, 0.15) is 0 Å². The minimum atomic E-state index is -0.543. The number of nitrogens with zero attached hydrogens (tertiary/aromatic N) is 1. The first kappa shape index (κ1) is 14.4. The van der Waals surface area contributed by atoms with Gasteiger partial charge in [-0.3, -0.25) is 9.59 Å². The summed E-state index contributed by atoms with van der Waals surface area (Å²) in [7, 11) is 0. The van der Waals surface area contributed by atoms with Crippen LogP contribution in [-0.2, 0) is 14.3 Å². The van der Waals surface area contributed by atoms with E-state index in [1.165, 1.54) is 38.5 Å². The number of amides is 1. The lowest BCUT2D eigenvalue weighted by Gasteiger charge is -2.31. The second-order valence-corrected chi connectivity index (χ2v) is 5.85. The predicted molar refractivity (Wildman–Crippen MR) is 72.6 cm³/mol. The Morgan fingerprint density at radius 2 is 1.74 bits per heavy atom. The molecule has 1 aliphatic heterocycles. The monoisotopic (exact) mass is 267 g/mol. The molecular weight excluding hydrogens is 242 g/mol. The highest BCUT2D eigenvalue weighted by Crippen LogP contribution is 2.28. The van der Waals surface area contributed by atoms with E-state index in [9.17, 15) is 9.59 Å². The van der Waals surface area contributed by atoms with E-state index in [4.69, 9.17) is 4.74 Å². The third-order valence-electron chi connectivity index (χ3n) is 4.44. The first-order chi connectivity index (χ1) is 9.31. The molecule has 0 aromatic heterocycles. The summed E-state index contributed by atoms with van der Waals surface area (Å²) in [6, 6.07) is 0. The van der Waals surface area contributed by atoms with Gasteiger partial charge in [-0.2, -0.15) is 0 Å². The summed E-state index contributed by atoms with van der Waals surface area (Å²) in [5.41, 5.74) is 0. The number of hydrogen-bond acceptors (Lipinski definition) is 3. The molecule has 0 bridgehead atoms. The zero-order valence-electron chi connectivity index (χ0n) is 11.7. The van der Waals surface area contributed by atoms with Crippen LogP contribution in [-0.4, -0.2) is 36.5 Å². The second-order valence-electron chi connectivity index (χ2n) is 5.85. The molecule has 4 heteroatoms. The number of likely N-dealkylation sites (tertiary alicyclic amines) is 1. The summed E-state index contributed by atoms with van der Waals surface area (Å²) in [5, 5.41) is 0. The number of rotatable bonds is 5. The van der Waals surface area contributed by atoms with Crippen molar-refractivity contribution in [2.45, 2.75) is 63.9 Å². The zero-order chi connectivity index (χ0) is 13.5. The number of carbonyl (C=O) groups excluding carboxylic acids is 2. The van der Waals surface area contributed by atoms with Gasteiger partial charge in [-0.05, 0) is 31.6 Å². The molecule has 1 aliphatic carbocycles. The highest BCUT2D eigenvalue weighted by atomic mass is 16.5. The third-order valence-corrected chi connectivity index (χ3v) is 4.44. The predicted octanol–water partition coefficient (Wildman–Crippen LogP) is 2.51. The number of hydrogen-bond donors (Lipinski definition) is 0. The molecule has 0 radical (unpaired) electrons. The van der Waals surface area contributed by atoms with Gasteiger partial charge in [0.2, 0.25) is 0 Å². The van der Waals surface area contributed by atoms with E-state index in [2.05, 4.69) is 0 Å². The van der Waals surface area contributed by atoms with Crippen molar-refractivity contribution in [1.82, 2.24) is 4.90 Å². The highest BCUT2D eigenvalue weighted by molar-refractivity contribution is 5.82. The Morgan fingerprint density at radius 1 is 1.11 bits per heavy atom. The Kier molecular flexibility index (Phi) is 5.67. The van der Waals surface area contributed by atoms with Crippen LogP contribution in [0.5, 0.6) is 0 Å². The van der Waals surface area contributed by atoms with Crippen molar-refractivity contribution in [1.29, 1.82) is 0 Å². The molecular formula is C15H25NO3. The Hall–Kier alpha value is -1.06. The molecule has 0 N–H and O–H groups in total. The van der Waals surface area contributed by atoms with Crippen molar-refractivity contribution in [2.75, 3.05) is 13.1 Å². The van der Waals surface area contributed by atoms with E-state index in [0.29, 0.717) is 18.8 Å². The van der Waals surface area contributed by atoms with Crippen LogP contribution >= 0.6 is 0 Å². The Bertz CT molecular complexity index is 294. The molecule has 1 atom stereocenters. The van der Waals surface area contributed by atoms with Crippen molar-refractivity contribution in [3.63, 3.8) is 0 Å². The van der Waals surface area contributed by atoms with E-state index < -0.39 is 6.10 Å². The summed E-state index contributed by atoms with van der Waals surface area (Å²) in [5.74, 6) is 0.574. The number of piperidine rings is 1. The van der Waals surface area contributed by atoms with Gasteiger partial charge >= 0.3 is 0 Å². The van der Waals surface area contributed by atoms with Crippen molar-refractivity contribution >= 4 is 12.4 Å². The Labute approximate surface area is 115 Å². The topological polar surface area (TPSA) is 46.6 Å². The van der Waals surface area contributed by atoms with Gasteiger partial charge in [-0.1, -0.05) is 32.1 Å².